The summed E-state index contributed by atoms with van der Waals surface area (Å²) in [6.07, 6.45) is 1.46. The Hall–Kier alpha value is -1.61. The summed E-state index contributed by atoms with van der Waals surface area (Å²) in [7, 11) is 0. The van der Waals surface area contributed by atoms with E-state index >= 15 is 0 Å². The summed E-state index contributed by atoms with van der Waals surface area (Å²) in [5.74, 6) is 0.380. The van der Waals surface area contributed by atoms with Gasteiger partial charge in [0.25, 0.3) is 0 Å². The predicted molar refractivity (Wildman–Crippen MR) is 86.2 cm³/mol. The first kappa shape index (κ1) is 20.7. The number of nitrogens with one attached hydrogen (secondary N) is 1. The molecule has 0 spiro atoms. The van der Waals surface area contributed by atoms with E-state index in [1.807, 2.05) is 19.9 Å². The largest absolute Gasteiger partial charge is 0.375 e. The summed E-state index contributed by atoms with van der Waals surface area (Å²) in [5.41, 5.74) is 5.88. The first-order chi connectivity index (χ1) is 9.36. The van der Waals surface area contributed by atoms with Gasteiger partial charge in [0.2, 0.25) is 5.91 Å². The highest BCUT2D eigenvalue weighted by Gasteiger charge is 2.02. The van der Waals surface area contributed by atoms with Crippen LogP contribution in [0.2, 0.25) is 0 Å². The monoisotopic (exact) mass is 342 g/mol. The van der Waals surface area contributed by atoms with E-state index in [1.165, 1.54) is 6.20 Å². The number of hydrogen-bond acceptors (Lipinski definition) is 4. The predicted octanol–water partition coefficient (Wildman–Crippen LogP) is 3.30. The Kier molecular flexibility index (Phi) is 12.9. The summed E-state index contributed by atoms with van der Waals surface area (Å²) in [6, 6.07) is 3.57. The minimum atomic E-state index is -0.453. The molecule has 0 saturated carbocycles. The summed E-state index contributed by atoms with van der Waals surface area (Å²) in [6.45, 7) is 10.5. The summed E-state index contributed by atoms with van der Waals surface area (Å²) in [4.78, 5) is 14.3. The zero-order valence-electron chi connectivity index (χ0n) is 12.7. The van der Waals surface area contributed by atoms with Crippen LogP contribution in [0.4, 0.5) is 5.69 Å². The third kappa shape index (κ3) is 11.5. The maximum atomic E-state index is 10.5. The SMILES string of the molecule is CC.CC(C)C.N#Cc1ncc(NCC(N)=O)cc1Br. The van der Waals surface area contributed by atoms with Crippen molar-refractivity contribution in [1.82, 2.24) is 4.98 Å². The van der Waals surface area contributed by atoms with Crippen LogP contribution in [0.15, 0.2) is 16.7 Å². The second kappa shape index (κ2) is 12.4. The number of aromatic nitrogens is 1. The number of nitrogens with zero attached hydrogens (tertiary/aromatic N) is 2. The Labute approximate surface area is 129 Å². The fraction of sp³-hybridized carbons (Fsp3) is 0.500. The minimum Gasteiger partial charge on any atom is -0.375 e. The number of rotatable bonds is 3. The molecule has 0 radical (unpaired) electrons. The molecule has 1 amide bonds. The first-order valence-electron chi connectivity index (χ1n) is 6.44. The van der Waals surface area contributed by atoms with E-state index in [0.717, 1.165) is 5.92 Å². The second-order valence-electron chi connectivity index (χ2n) is 4.22. The Morgan fingerprint density at radius 3 is 2.35 bits per heavy atom. The molecule has 0 atom stereocenters. The first-order valence-corrected chi connectivity index (χ1v) is 7.24. The number of amides is 1. The van der Waals surface area contributed by atoms with Crippen LogP contribution < -0.4 is 11.1 Å². The topological polar surface area (TPSA) is 91.8 Å². The van der Waals surface area contributed by atoms with Gasteiger partial charge in [-0.2, -0.15) is 5.26 Å². The zero-order valence-corrected chi connectivity index (χ0v) is 14.3. The zero-order chi connectivity index (χ0) is 16.1. The Morgan fingerprint density at radius 2 is 2.00 bits per heavy atom. The van der Waals surface area contributed by atoms with E-state index < -0.39 is 5.91 Å². The highest BCUT2D eigenvalue weighted by atomic mass is 79.9. The molecule has 1 heterocycles. The molecule has 6 heteroatoms. The molecule has 0 aliphatic heterocycles. The van der Waals surface area contributed by atoms with E-state index in [9.17, 15) is 4.79 Å². The van der Waals surface area contributed by atoms with Crippen molar-refractivity contribution in [2.75, 3.05) is 11.9 Å². The number of halogens is 1. The van der Waals surface area contributed by atoms with E-state index in [2.05, 4.69) is 47.0 Å². The van der Waals surface area contributed by atoms with Gasteiger partial charge in [-0.05, 0) is 27.9 Å². The lowest BCUT2D eigenvalue weighted by atomic mass is 10.3. The molecule has 0 aromatic carbocycles. The van der Waals surface area contributed by atoms with Crippen LogP contribution in [0.3, 0.4) is 0 Å². The highest BCUT2D eigenvalue weighted by Crippen LogP contribution is 2.17. The van der Waals surface area contributed by atoms with Gasteiger partial charge in [0, 0.05) is 0 Å². The normalized spacial score (nSPS) is 8.50. The van der Waals surface area contributed by atoms with Gasteiger partial charge in [0.1, 0.15) is 6.07 Å². The Bertz CT molecular complexity index is 439. The van der Waals surface area contributed by atoms with E-state index in [4.69, 9.17) is 11.0 Å². The lowest BCUT2D eigenvalue weighted by Crippen LogP contribution is -2.21. The standard InChI is InChI=1S/C8H7BrN4O.C4H10.C2H6/c9-6-1-5(12-4-8(11)14)3-13-7(6)2-10;1-4(2)3;1-2/h1,3,12H,4H2,(H2,11,14);4H,1-3H3;1-2H3. The number of nitrogens with two attached hydrogens (primary N) is 1. The summed E-state index contributed by atoms with van der Waals surface area (Å²) < 4.78 is 0.578. The van der Waals surface area contributed by atoms with Gasteiger partial charge in [0.05, 0.1) is 22.9 Å². The molecule has 0 aliphatic rings. The quantitative estimate of drug-likeness (QED) is 0.881. The van der Waals surface area contributed by atoms with Gasteiger partial charge >= 0.3 is 0 Å². The third-order valence-corrected chi connectivity index (χ3v) is 2.02. The molecular weight excluding hydrogens is 320 g/mol. The number of anilines is 1. The maximum absolute atomic E-state index is 10.5. The van der Waals surface area contributed by atoms with Crippen LogP contribution in [-0.2, 0) is 4.79 Å². The molecule has 3 N–H and O–H groups in total. The Morgan fingerprint density at radius 1 is 1.50 bits per heavy atom. The van der Waals surface area contributed by atoms with Crippen molar-refractivity contribution < 1.29 is 4.79 Å². The van der Waals surface area contributed by atoms with Crippen LogP contribution in [-0.4, -0.2) is 17.4 Å². The average Bonchev–Trinajstić information content (AvgIpc) is 2.38. The minimum absolute atomic E-state index is 0.0417. The van der Waals surface area contributed by atoms with Crippen molar-refractivity contribution in [2.45, 2.75) is 34.6 Å². The fourth-order valence-electron chi connectivity index (χ4n) is 0.806. The maximum Gasteiger partial charge on any atom is 0.236 e. The molecule has 0 unspecified atom stereocenters. The molecule has 1 aromatic heterocycles. The molecule has 1 aromatic rings. The van der Waals surface area contributed by atoms with Crippen molar-refractivity contribution in [3.8, 4) is 6.07 Å². The lowest BCUT2D eigenvalue weighted by molar-refractivity contribution is -0.116. The molecule has 1 rings (SSSR count). The van der Waals surface area contributed by atoms with Gasteiger partial charge in [-0.3, -0.25) is 4.79 Å². The average molecular weight is 343 g/mol. The summed E-state index contributed by atoms with van der Waals surface area (Å²) >= 11 is 3.17. The van der Waals surface area contributed by atoms with Crippen molar-refractivity contribution in [3.63, 3.8) is 0 Å². The van der Waals surface area contributed by atoms with Gasteiger partial charge in [-0.1, -0.05) is 34.6 Å². The van der Waals surface area contributed by atoms with E-state index in [1.54, 1.807) is 6.07 Å². The molecule has 0 saturated heterocycles. The van der Waals surface area contributed by atoms with Gasteiger partial charge in [0.15, 0.2) is 5.69 Å². The van der Waals surface area contributed by atoms with Crippen LogP contribution in [0, 0.1) is 17.2 Å². The Balaban J connectivity index is 0. The van der Waals surface area contributed by atoms with Gasteiger partial charge in [-0.15, -0.1) is 0 Å². The highest BCUT2D eigenvalue weighted by molar-refractivity contribution is 9.10. The molecule has 0 fully saturated rings. The molecule has 0 bridgehead atoms. The molecule has 112 valence electrons. The molecule has 5 nitrogen and oxygen atoms in total. The van der Waals surface area contributed by atoms with Crippen LogP contribution in [0.5, 0.6) is 0 Å². The molecule has 0 aliphatic carbocycles. The number of hydrogen-bond donors (Lipinski definition) is 2. The number of carbonyl (C=O) groups is 1. The van der Waals surface area contributed by atoms with Crippen LogP contribution in [0.25, 0.3) is 0 Å². The fourth-order valence-corrected chi connectivity index (χ4v) is 1.24. The van der Waals surface area contributed by atoms with Crippen LogP contribution in [0.1, 0.15) is 40.3 Å². The number of carbonyl (C=O) groups excluding carboxylic acids is 1. The lowest BCUT2D eigenvalue weighted by Gasteiger charge is -2.03. The van der Waals surface area contributed by atoms with E-state index in [0.29, 0.717) is 15.9 Å². The third-order valence-electron chi connectivity index (χ3n) is 1.41. The van der Waals surface area contributed by atoms with Gasteiger partial charge < -0.3 is 11.1 Å². The number of pyridine rings is 1. The number of nitriles is 1. The van der Waals surface area contributed by atoms with Crippen molar-refractivity contribution in [2.24, 2.45) is 11.7 Å². The van der Waals surface area contributed by atoms with Gasteiger partial charge in [-0.25, -0.2) is 4.98 Å². The van der Waals surface area contributed by atoms with Crippen molar-refractivity contribution >= 4 is 27.5 Å². The smallest absolute Gasteiger partial charge is 0.236 e. The second-order valence-corrected chi connectivity index (χ2v) is 5.07. The molecular formula is C14H23BrN4O. The summed E-state index contributed by atoms with van der Waals surface area (Å²) in [5, 5.41) is 11.4. The van der Waals surface area contributed by atoms with Crippen molar-refractivity contribution in [1.29, 1.82) is 5.26 Å². The van der Waals surface area contributed by atoms with Crippen molar-refractivity contribution in [3.05, 3.63) is 22.4 Å². The number of primary amides is 1. The molecule has 20 heavy (non-hydrogen) atoms. The van der Waals surface area contributed by atoms with E-state index in [-0.39, 0.29) is 6.54 Å². The van der Waals surface area contributed by atoms with Crippen LogP contribution >= 0.6 is 15.9 Å².